The van der Waals surface area contributed by atoms with Crippen LogP contribution in [0.2, 0.25) is 0 Å². The van der Waals surface area contributed by atoms with Gasteiger partial charge in [-0.2, -0.15) is 0 Å². The number of benzene rings is 1. The second kappa shape index (κ2) is 8.19. The third-order valence-electron chi connectivity index (χ3n) is 4.75. The fourth-order valence-corrected chi connectivity index (χ4v) is 3.27. The number of rotatable bonds is 4. The van der Waals surface area contributed by atoms with Crippen molar-refractivity contribution in [1.82, 2.24) is 5.32 Å². The molecule has 0 radical (unpaired) electrons. The Kier molecular flexibility index (Phi) is 5.74. The average molecular weight is 343 g/mol. The number of ether oxygens (including phenoxy) is 2. The quantitative estimate of drug-likeness (QED) is 0.673. The zero-order valence-electron chi connectivity index (χ0n) is 14.6. The van der Waals surface area contributed by atoms with E-state index in [0.717, 1.165) is 37.0 Å². The van der Waals surface area contributed by atoms with E-state index >= 15 is 0 Å². The van der Waals surface area contributed by atoms with Crippen LogP contribution in [0.4, 0.5) is 0 Å². The van der Waals surface area contributed by atoms with Crippen LogP contribution in [0.1, 0.15) is 51.0 Å². The van der Waals surface area contributed by atoms with Gasteiger partial charge in [0, 0.05) is 11.6 Å². The second-order valence-corrected chi connectivity index (χ2v) is 6.74. The standard InChI is InChI=1S/C20H25NO4/c1-14(19(22)21-17-9-4-2-3-5-10-17)25-20(23)16-12-15-8-6-7-11-18(15)24-13-16/h6-8,11-12,14,17H,2-5,9-10,13H2,1H3,(H,21,22)/t14-/m1/s1. The summed E-state index contributed by atoms with van der Waals surface area (Å²) in [6.07, 6.45) is 7.69. The molecule has 3 rings (SSSR count). The molecule has 1 amide bonds. The molecule has 1 heterocycles. The molecule has 2 aliphatic rings. The molecule has 25 heavy (non-hydrogen) atoms. The predicted octanol–water partition coefficient (Wildman–Crippen LogP) is 3.23. The van der Waals surface area contributed by atoms with Gasteiger partial charge in [0.1, 0.15) is 12.4 Å². The summed E-state index contributed by atoms with van der Waals surface area (Å²) in [6, 6.07) is 7.70. The number of para-hydroxylation sites is 1. The van der Waals surface area contributed by atoms with Gasteiger partial charge in [-0.05, 0) is 31.9 Å². The molecule has 0 bridgehead atoms. The van der Waals surface area contributed by atoms with E-state index in [0.29, 0.717) is 5.57 Å². The summed E-state index contributed by atoms with van der Waals surface area (Å²) in [5, 5.41) is 3.02. The van der Waals surface area contributed by atoms with Crippen molar-refractivity contribution in [1.29, 1.82) is 0 Å². The first kappa shape index (κ1) is 17.5. The molecule has 1 N–H and O–H groups in total. The van der Waals surface area contributed by atoms with Crippen LogP contribution in [-0.4, -0.2) is 30.6 Å². The molecule has 0 unspecified atom stereocenters. The first-order valence-electron chi connectivity index (χ1n) is 9.07. The summed E-state index contributed by atoms with van der Waals surface area (Å²) < 4.78 is 10.9. The van der Waals surface area contributed by atoms with Crippen LogP contribution < -0.4 is 10.1 Å². The lowest BCUT2D eigenvalue weighted by molar-refractivity contribution is -0.151. The lowest BCUT2D eigenvalue weighted by Gasteiger charge is -2.21. The predicted molar refractivity (Wildman–Crippen MR) is 95.1 cm³/mol. The van der Waals surface area contributed by atoms with Crippen molar-refractivity contribution in [2.24, 2.45) is 0 Å². The largest absolute Gasteiger partial charge is 0.488 e. The molecule has 0 aromatic heterocycles. The van der Waals surface area contributed by atoms with Crippen LogP contribution in [-0.2, 0) is 14.3 Å². The van der Waals surface area contributed by atoms with Crippen molar-refractivity contribution in [3.63, 3.8) is 0 Å². The van der Waals surface area contributed by atoms with E-state index in [4.69, 9.17) is 9.47 Å². The monoisotopic (exact) mass is 343 g/mol. The van der Waals surface area contributed by atoms with Crippen LogP contribution in [0, 0.1) is 0 Å². The molecule has 1 saturated carbocycles. The number of amides is 1. The van der Waals surface area contributed by atoms with Crippen molar-refractivity contribution in [3.05, 3.63) is 35.4 Å². The molecular formula is C20H25NO4. The van der Waals surface area contributed by atoms with Crippen molar-refractivity contribution in [2.45, 2.75) is 57.6 Å². The van der Waals surface area contributed by atoms with Gasteiger partial charge < -0.3 is 14.8 Å². The Balaban J connectivity index is 1.55. The van der Waals surface area contributed by atoms with Gasteiger partial charge in [0.2, 0.25) is 0 Å². The highest BCUT2D eigenvalue weighted by atomic mass is 16.6. The minimum atomic E-state index is -0.811. The zero-order chi connectivity index (χ0) is 17.6. The number of fused-ring (bicyclic) bond motifs is 1. The van der Waals surface area contributed by atoms with Crippen molar-refractivity contribution < 1.29 is 19.1 Å². The minimum absolute atomic E-state index is 0.160. The highest BCUT2D eigenvalue weighted by Gasteiger charge is 2.25. The van der Waals surface area contributed by atoms with Gasteiger partial charge in [-0.15, -0.1) is 0 Å². The highest BCUT2D eigenvalue weighted by Crippen LogP contribution is 2.26. The van der Waals surface area contributed by atoms with Gasteiger partial charge in [0.15, 0.2) is 6.10 Å². The third kappa shape index (κ3) is 4.62. The van der Waals surface area contributed by atoms with Crippen LogP contribution in [0.3, 0.4) is 0 Å². The lowest BCUT2D eigenvalue weighted by Crippen LogP contribution is -2.42. The lowest BCUT2D eigenvalue weighted by atomic mass is 10.1. The molecular weight excluding hydrogens is 318 g/mol. The number of carbonyl (C=O) groups is 2. The van der Waals surface area contributed by atoms with E-state index in [1.165, 1.54) is 12.8 Å². The maximum Gasteiger partial charge on any atom is 0.338 e. The number of hydrogen-bond acceptors (Lipinski definition) is 4. The molecule has 5 nitrogen and oxygen atoms in total. The first-order valence-corrected chi connectivity index (χ1v) is 9.07. The normalized spacial score (nSPS) is 18.8. The summed E-state index contributed by atoms with van der Waals surface area (Å²) in [7, 11) is 0. The second-order valence-electron chi connectivity index (χ2n) is 6.74. The van der Waals surface area contributed by atoms with Crippen LogP contribution in [0.5, 0.6) is 5.75 Å². The fourth-order valence-electron chi connectivity index (χ4n) is 3.27. The minimum Gasteiger partial charge on any atom is -0.488 e. The Morgan fingerprint density at radius 2 is 1.88 bits per heavy atom. The summed E-state index contributed by atoms with van der Waals surface area (Å²) in [4.78, 5) is 24.6. The van der Waals surface area contributed by atoms with E-state index in [1.54, 1.807) is 13.0 Å². The number of nitrogens with one attached hydrogen (secondary N) is 1. The maximum absolute atomic E-state index is 12.3. The summed E-state index contributed by atoms with van der Waals surface area (Å²) in [6.45, 7) is 1.77. The van der Waals surface area contributed by atoms with Gasteiger partial charge in [-0.25, -0.2) is 4.79 Å². The van der Waals surface area contributed by atoms with E-state index in [9.17, 15) is 9.59 Å². The van der Waals surface area contributed by atoms with Crippen molar-refractivity contribution in [2.75, 3.05) is 6.61 Å². The Morgan fingerprint density at radius 3 is 2.64 bits per heavy atom. The topological polar surface area (TPSA) is 64.6 Å². The fraction of sp³-hybridized carbons (Fsp3) is 0.500. The van der Waals surface area contributed by atoms with E-state index in [1.807, 2.05) is 24.3 Å². The molecule has 5 heteroatoms. The number of esters is 1. The number of carbonyl (C=O) groups excluding carboxylic acids is 2. The molecule has 1 atom stereocenters. The maximum atomic E-state index is 12.3. The van der Waals surface area contributed by atoms with Crippen molar-refractivity contribution in [3.8, 4) is 5.75 Å². The molecule has 134 valence electrons. The Hall–Kier alpha value is -2.30. The van der Waals surface area contributed by atoms with Gasteiger partial charge in [0.25, 0.3) is 5.91 Å². The van der Waals surface area contributed by atoms with E-state index in [-0.39, 0.29) is 18.6 Å². The van der Waals surface area contributed by atoms with Crippen LogP contribution >= 0.6 is 0 Å². The van der Waals surface area contributed by atoms with Gasteiger partial charge >= 0.3 is 5.97 Å². The zero-order valence-corrected chi connectivity index (χ0v) is 14.6. The van der Waals surface area contributed by atoms with E-state index < -0.39 is 12.1 Å². The molecule has 1 aliphatic carbocycles. The van der Waals surface area contributed by atoms with Gasteiger partial charge in [0.05, 0.1) is 5.57 Å². The van der Waals surface area contributed by atoms with Crippen LogP contribution in [0.15, 0.2) is 29.8 Å². The van der Waals surface area contributed by atoms with Gasteiger partial charge in [-0.3, -0.25) is 4.79 Å². The third-order valence-corrected chi connectivity index (χ3v) is 4.75. The molecule has 1 aliphatic heterocycles. The smallest absolute Gasteiger partial charge is 0.338 e. The molecule has 1 aromatic carbocycles. The van der Waals surface area contributed by atoms with Crippen LogP contribution in [0.25, 0.3) is 6.08 Å². The molecule has 0 spiro atoms. The highest BCUT2D eigenvalue weighted by molar-refractivity contribution is 5.96. The summed E-state index contributed by atoms with van der Waals surface area (Å²) >= 11 is 0. The summed E-state index contributed by atoms with van der Waals surface area (Å²) in [5.41, 5.74) is 1.27. The van der Waals surface area contributed by atoms with Gasteiger partial charge in [-0.1, -0.05) is 43.9 Å². The number of hydrogen-bond donors (Lipinski definition) is 1. The molecule has 1 aromatic rings. The van der Waals surface area contributed by atoms with E-state index in [2.05, 4.69) is 5.32 Å². The Bertz CT molecular complexity index is 659. The summed E-state index contributed by atoms with van der Waals surface area (Å²) in [5.74, 6) is 0.0224. The Morgan fingerprint density at radius 1 is 1.16 bits per heavy atom. The molecule has 0 saturated heterocycles. The Labute approximate surface area is 148 Å². The first-order chi connectivity index (χ1) is 12.1. The molecule has 1 fully saturated rings. The average Bonchev–Trinajstić information content (AvgIpc) is 2.89. The van der Waals surface area contributed by atoms with Crippen molar-refractivity contribution >= 4 is 18.0 Å². The SMILES string of the molecule is C[C@@H](OC(=O)C1=Cc2ccccc2OC1)C(=O)NC1CCCCCC1.